The van der Waals surface area contributed by atoms with Gasteiger partial charge in [0.15, 0.2) is 6.61 Å². The van der Waals surface area contributed by atoms with Crippen molar-refractivity contribution in [2.45, 2.75) is 53.4 Å². The highest BCUT2D eigenvalue weighted by Gasteiger charge is 2.28. The molecule has 4 nitrogen and oxygen atoms in total. The number of carbonyl (C=O) groups excluding carboxylic acids is 1. The molecule has 0 radical (unpaired) electrons. The van der Waals surface area contributed by atoms with E-state index in [4.69, 9.17) is 4.74 Å². The fraction of sp³-hybridized carbons (Fsp3) is 0.385. The lowest BCUT2D eigenvalue weighted by Crippen LogP contribution is -2.26. The van der Waals surface area contributed by atoms with E-state index in [0.717, 1.165) is 20.9 Å². The number of carbonyl (C=O) groups is 1. The number of amides is 1. The first-order valence-electron chi connectivity index (χ1n) is 10.6. The van der Waals surface area contributed by atoms with Crippen LogP contribution in [0.25, 0.3) is 6.08 Å². The van der Waals surface area contributed by atoms with Gasteiger partial charge in [0.05, 0.1) is 14.7 Å². The second-order valence-electron chi connectivity index (χ2n) is 9.71. The molecule has 32 heavy (non-hydrogen) atoms. The number of nitrogens with zero attached hydrogens (tertiary/aromatic N) is 1. The van der Waals surface area contributed by atoms with Crippen LogP contribution >= 0.6 is 31.9 Å². The lowest BCUT2D eigenvalue weighted by Gasteiger charge is -2.33. The van der Waals surface area contributed by atoms with Gasteiger partial charge in [-0.15, -0.1) is 0 Å². The van der Waals surface area contributed by atoms with Crippen LogP contribution in [0.4, 0.5) is 0 Å². The van der Waals surface area contributed by atoms with Crippen molar-refractivity contribution >= 4 is 49.6 Å². The molecule has 0 aliphatic rings. The van der Waals surface area contributed by atoms with E-state index in [0.29, 0.717) is 11.5 Å². The molecule has 172 valence electrons. The molecule has 0 aromatic heterocycles. The molecule has 2 aromatic rings. The Morgan fingerprint density at radius 2 is 1.66 bits per heavy atom. The first-order valence-corrected chi connectivity index (χ1v) is 12.1. The van der Waals surface area contributed by atoms with Gasteiger partial charge in [-0.1, -0.05) is 71.0 Å². The van der Waals surface area contributed by atoms with Crippen molar-refractivity contribution in [3.63, 3.8) is 0 Å². The van der Waals surface area contributed by atoms with Crippen molar-refractivity contribution in [1.82, 2.24) is 5.43 Å². The Balaban J connectivity index is 1.98. The highest BCUT2D eigenvalue weighted by atomic mass is 79.9. The summed E-state index contributed by atoms with van der Waals surface area (Å²) in [6.45, 7) is 12.9. The highest BCUT2D eigenvalue weighted by molar-refractivity contribution is 9.11. The first-order chi connectivity index (χ1) is 14.9. The monoisotopic (exact) mass is 562 g/mol. The third-order valence-corrected chi connectivity index (χ3v) is 5.95. The predicted octanol–water partition coefficient (Wildman–Crippen LogP) is 7.51. The number of halogens is 2. The van der Waals surface area contributed by atoms with Crippen molar-refractivity contribution in [2.75, 3.05) is 6.61 Å². The fourth-order valence-corrected chi connectivity index (χ4v) is 5.07. The van der Waals surface area contributed by atoms with Crippen LogP contribution in [0, 0.1) is 5.41 Å². The van der Waals surface area contributed by atoms with Gasteiger partial charge in [-0.05, 0) is 85.4 Å². The number of hydrogen-bond acceptors (Lipinski definition) is 3. The zero-order valence-electron chi connectivity index (χ0n) is 19.6. The molecule has 0 fully saturated rings. The van der Waals surface area contributed by atoms with Gasteiger partial charge >= 0.3 is 0 Å². The molecular formula is C26H32Br2N2O2. The van der Waals surface area contributed by atoms with Crippen LogP contribution in [-0.4, -0.2) is 18.2 Å². The molecule has 0 unspecified atom stereocenters. The van der Waals surface area contributed by atoms with Crippen LogP contribution in [0.1, 0.15) is 59.1 Å². The van der Waals surface area contributed by atoms with Gasteiger partial charge in [-0.25, -0.2) is 5.43 Å². The number of allylic oxidation sites excluding steroid dienone is 1. The average Bonchev–Trinajstić information content (AvgIpc) is 2.69. The van der Waals surface area contributed by atoms with Gasteiger partial charge in [0.1, 0.15) is 5.75 Å². The lowest BCUT2D eigenvalue weighted by molar-refractivity contribution is -0.123. The van der Waals surface area contributed by atoms with Gasteiger partial charge in [0.25, 0.3) is 5.91 Å². The van der Waals surface area contributed by atoms with E-state index in [-0.39, 0.29) is 23.3 Å². The Hall–Kier alpha value is -1.92. The molecule has 0 bridgehead atoms. The Kier molecular flexibility index (Phi) is 9.28. The minimum absolute atomic E-state index is 0.00129. The molecule has 1 N–H and O–H groups in total. The maximum Gasteiger partial charge on any atom is 0.277 e. The van der Waals surface area contributed by atoms with Gasteiger partial charge in [0, 0.05) is 0 Å². The maximum atomic E-state index is 12.2. The molecule has 0 saturated heterocycles. The summed E-state index contributed by atoms with van der Waals surface area (Å²) in [6.07, 6.45) is 4.83. The number of rotatable bonds is 8. The molecule has 0 saturated carbocycles. The molecule has 0 aliphatic carbocycles. The van der Waals surface area contributed by atoms with E-state index in [1.54, 1.807) is 0 Å². The number of hydrazone groups is 1. The Labute approximate surface area is 208 Å². The molecule has 0 atom stereocenters. The number of ether oxygens (including phenoxy) is 1. The van der Waals surface area contributed by atoms with E-state index in [1.165, 1.54) is 5.56 Å². The second kappa shape index (κ2) is 11.3. The van der Waals surface area contributed by atoms with Crippen LogP contribution in [0.5, 0.6) is 5.75 Å². The van der Waals surface area contributed by atoms with E-state index in [9.17, 15) is 4.79 Å². The number of nitrogens with one attached hydrogen (secondary N) is 1. The van der Waals surface area contributed by atoms with Crippen molar-refractivity contribution < 1.29 is 9.53 Å². The van der Waals surface area contributed by atoms with Crippen LogP contribution in [0.3, 0.4) is 0 Å². The summed E-state index contributed by atoms with van der Waals surface area (Å²) < 4.78 is 7.38. The summed E-state index contributed by atoms with van der Waals surface area (Å²) in [4.78, 5) is 12.2. The molecule has 1 amide bonds. The molecule has 2 rings (SSSR count). The lowest BCUT2D eigenvalue weighted by atomic mass is 9.72. The van der Waals surface area contributed by atoms with Gasteiger partial charge in [0.2, 0.25) is 0 Å². The normalized spacial score (nSPS) is 12.8. The number of benzene rings is 2. The van der Waals surface area contributed by atoms with Crippen LogP contribution in [0.15, 0.2) is 62.6 Å². The third kappa shape index (κ3) is 8.55. The molecule has 6 heteroatoms. The topological polar surface area (TPSA) is 50.7 Å². The van der Waals surface area contributed by atoms with Crippen molar-refractivity contribution in [3.8, 4) is 5.75 Å². The summed E-state index contributed by atoms with van der Waals surface area (Å²) in [7, 11) is 0. The first kappa shape index (κ1) is 26.3. The summed E-state index contributed by atoms with van der Waals surface area (Å²) >= 11 is 7.20. The SMILES string of the molecule is CC(/C=C\c1ccccc1)=NNC(=O)COc1c(Br)cc(C(C)(C)CC(C)(C)C)cc1Br. The van der Waals surface area contributed by atoms with E-state index in [1.807, 2.05) is 49.4 Å². The number of hydrogen-bond donors (Lipinski definition) is 1. The van der Waals surface area contributed by atoms with Gasteiger partial charge in [-0.2, -0.15) is 5.10 Å². The summed E-state index contributed by atoms with van der Waals surface area (Å²) in [5.41, 5.74) is 5.71. The zero-order valence-corrected chi connectivity index (χ0v) is 22.8. The summed E-state index contributed by atoms with van der Waals surface area (Å²) in [5.74, 6) is 0.272. The average molecular weight is 564 g/mol. The van der Waals surface area contributed by atoms with Crippen LogP contribution in [0.2, 0.25) is 0 Å². The zero-order chi connectivity index (χ0) is 23.9. The second-order valence-corrected chi connectivity index (χ2v) is 11.4. The van der Waals surface area contributed by atoms with Gasteiger partial charge in [-0.3, -0.25) is 4.79 Å². The largest absolute Gasteiger partial charge is 0.481 e. The molecule has 2 aromatic carbocycles. The Morgan fingerprint density at radius 1 is 1.06 bits per heavy atom. The molecule has 0 aliphatic heterocycles. The third-order valence-electron chi connectivity index (χ3n) is 4.77. The Morgan fingerprint density at radius 3 is 2.22 bits per heavy atom. The van der Waals surface area contributed by atoms with Crippen LogP contribution < -0.4 is 10.2 Å². The van der Waals surface area contributed by atoms with E-state index in [2.05, 4.69) is 89.1 Å². The smallest absolute Gasteiger partial charge is 0.277 e. The molecular weight excluding hydrogens is 532 g/mol. The van der Waals surface area contributed by atoms with E-state index < -0.39 is 0 Å². The minimum atomic E-state index is -0.326. The van der Waals surface area contributed by atoms with Crippen molar-refractivity contribution in [1.29, 1.82) is 0 Å². The van der Waals surface area contributed by atoms with Gasteiger partial charge < -0.3 is 4.74 Å². The standard InChI is InChI=1S/C26H32Br2N2O2/c1-18(12-13-19-10-8-7-9-11-19)29-30-23(31)16-32-24-21(27)14-20(15-22(24)28)26(5,6)17-25(2,3)4/h7-15H,16-17H2,1-6H3,(H,30,31)/b13-12-,29-18?. The highest BCUT2D eigenvalue weighted by Crippen LogP contribution is 2.42. The minimum Gasteiger partial charge on any atom is -0.481 e. The summed E-state index contributed by atoms with van der Waals surface area (Å²) in [6, 6.07) is 14.1. The quantitative estimate of drug-likeness (QED) is 0.267. The fourth-order valence-electron chi connectivity index (χ4n) is 3.66. The molecule has 0 heterocycles. The van der Waals surface area contributed by atoms with Crippen LogP contribution in [-0.2, 0) is 10.2 Å². The molecule has 0 spiro atoms. The van der Waals surface area contributed by atoms with Crippen molar-refractivity contribution in [3.05, 3.63) is 68.6 Å². The Bertz CT molecular complexity index is 968. The van der Waals surface area contributed by atoms with E-state index >= 15 is 0 Å². The summed E-state index contributed by atoms with van der Waals surface area (Å²) in [5, 5.41) is 4.10. The maximum absolute atomic E-state index is 12.2. The predicted molar refractivity (Wildman–Crippen MR) is 141 cm³/mol. The van der Waals surface area contributed by atoms with Crippen molar-refractivity contribution in [2.24, 2.45) is 10.5 Å².